The summed E-state index contributed by atoms with van der Waals surface area (Å²) >= 11 is 0. The second kappa shape index (κ2) is 6.47. The predicted octanol–water partition coefficient (Wildman–Crippen LogP) is 2.16. The lowest BCUT2D eigenvalue weighted by atomic mass is 9.93. The smallest absolute Gasteiger partial charge is 0.328 e. The van der Waals surface area contributed by atoms with Gasteiger partial charge in [0.05, 0.1) is 6.61 Å². The number of hydrogen-bond donors (Lipinski definition) is 2. The fourth-order valence-electron chi connectivity index (χ4n) is 1.24. The van der Waals surface area contributed by atoms with Gasteiger partial charge in [0.2, 0.25) is 0 Å². The van der Waals surface area contributed by atoms with E-state index in [9.17, 15) is 4.79 Å². The van der Waals surface area contributed by atoms with Crippen LogP contribution in [0.15, 0.2) is 24.3 Å². The van der Waals surface area contributed by atoms with Gasteiger partial charge in [0.15, 0.2) is 0 Å². The Balaban J connectivity index is 0.00000256. The van der Waals surface area contributed by atoms with Crippen molar-refractivity contribution in [3.63, 3.8) is 0 Å². The molecule has 0 aliphatic carbocycles. The Morgan fingerprint density at radius 2 is 1.94 bits per heavy atom. The molecule has 0 bridgehead atoms. The van der Waals surface area contributed by atoms with Crippen LogP contribution in [0.4, 0.5) is 0 Å². The first-order valence-corrected chi connectivity index (χ1v) is 5.24. The molecule has 0 heterocycles. The lowest BCUT2D eigenvalue weighted by Crippen LogP contribution is -2.41. The van der Waals surface area contributed by atoms with E-state index in [1.165, 1.54) is 6.92 Å². The molecule has 1 aromatic rings. The average Bonchev–Trinajstić information content (AvgIpc) is 2.26. The first-order chi connectivity index (χ1) is 7.48. The molecule has 0 radical (unpaired) electrons. The van der Waals surface area contributed by atoms with E-state index in [1.54, 1.807) is 24.3 Å². The Morgan fingerprint density at radius 3 is 2.35 bits per heavy atom. The molecule has 0 aliphatic heterocycles. The third-order valence-corrected chi connectivity index (χ3v) is 2.37. The maximum Gasteiger partial charge on any atom is 0.328 e. The van der Waals surface area contributed by atoms with E-state index in [-0.39, 0.29) is 12.4 Å². The van der Waals surface area contributed by atoms with Gasteiger partial charge in [0, 0.05) is 0 Å². The largest absolute Gasteiger partial charge is 0.494 e. The van der Waals surface area contributed by atoms with Crippen LogP contribution < -0.4 is 10.5 Å². The van der Waals surface area contributed by atoms with Crippen molar-refractivity contribution in [2.45, 2.75) is 25.8 Å². The molecule has 96 valence electrons. The number of halogens is 1. The lowest BCUT2D eigenvalue weighted by Gasteiger charge is -2.19. The highest BCUT2D eigenvalue weighted by molar-refractivity contribution is 5.85. The number of nitrogens with two attached hydrogens (primary N) is 1. The van der Waals surface area contributed by atoms with Crippen molar-refractivity contribution in [2.75, 3.05) is 6.61 Å². The molecule has 4 nitrogen and oxygen atoms in total. The van der Waals surface area contributed by atoms with E-state index in [4.69, 9.17) is 15.6 Å². The van der Waals surface area contributed by atoms with E-state index >= 15 is 0 Å². The summed E-state index contributed by atoms with van der Waals surface area (Å²) in [5.74, 6) is -0.318. The van der Waals surface area contributed by atoms with Crippen LogP contribution >= 0.6 is 12.4 Å². The van der Waals surface area contributed by atoms with Crippen LogP contribution in [0.1, 0.15) is 25.8 Å². The fraction of sp³-hybridized carbons (Fsp3) is 0.417. The van der Waals surface area contributed by atoms with E-state index in [0.29, 0.717) is 12.2 Å². The summed E-state index contributed by atoms with van der Waals surface area (Å²) in [7, 11) is 0. The van der Waals surface area contributed by atoms with Gasteiger partial charge in [-0.05, 0) is 31.0 Å². The third kappa shape index (κ3) is 3.91. The molecule has 0 amide bonds. The topological polar surface area (TPSA) is 72.5 Å². The van der Waals surface area contributed by atoms with Gasteiger partial charge in [0.25, 0.3) is 0 Å². The third-order valence-electron chi connectivity index (χ3n) is 2.37. The quantitative estimate of drug-likeness (QED) is 0.850. The molecule has 0 fully saturated rings. The van der Waals surface area contributed by atoms with Crippen LogP contribution in [-0.4, -0.2) is 17.7 Å². The van der Waals surface area contributed by atoms with Gasteiger partial charge < -0.3 is 15.6 Å². The van der Waals surface area contributed by atoms with Crippen molar-refractivity contribution in [3.05, 3.63) is 29.8 Å². The van der Waals surface area contributed by atoms with E-state index in [0.717, 1.165) is 12.2 Å². The number of ether oxygens (including phenoxy) is 1. The zero-order chi connectivity index (χ0) is 12.2. The average molecular weight is 260 g/mol. The van der Waals surface area contributed by atoms with Gasteiger partial charge in [-0.25, -0.2) is 4.79 Å². The van der Waals surface area contributed by atoms with Crippen LogP contribution in [-0.2, 0) is 10.3 Å². The zero-order valence-electron chi connectivity index (χ0n) is 9.97. The van der Waals surface area contributed by atoms with E-state index < -0.39 is 11.5 Å². The fourth-order valence-corrected chi connectivity index (χ4v) is 1.24. The number of benzene rings is 1. The maximum atomic E-state index is 10.9. The van der Waals surface area contributed by atoms with E-state index in [2.05, 4.69) is 0 Å². The molecule has 5 heteroatoms. The lowest BCUT2D eigenvalue weighted by molar-refractivity contribution is -0.143. The minimum Gasteiger partial charge on any atom is -0.494 e. The Kier molecular flexibility index (Phi) is 5.99. The van der Waals surface area contributed by atoms with Crippen molar-refractivity contribution in [3.8, 4) is 5.75 Å². The van der Waals surface area contributed by atoms with Gasteiger partial charge in [-0.1, -0.05) is 19.1 Å². The van der Waals surface area contributed by atoms with Gasteiger partial charge in [-0.15, -0.1) is 12.4 Å². The second-order valence-corrected chi connectivity index (χ2v) is 3.88. The zero-order valence-corrected chi connectivity index (χ0v) is 10.8. The molecular formula is C12H18ClNO3. The number of aliphatic carboxylic acids is 1. The monoisotopic (exact) mass is 259 g/mol. The standard InChI is InChI=1S/C12H17NO3.ClH/c1-3-8-16-10-6-4-9(5-7-10)12(2,13)11(14)15;/h4-7H,3,8,13H2,1-2H3,(H,14,15);1H. The summed E-state index contributed by atoms with van der Waals surface area (Å²) in [6.07, 6.45) is 0.936. The molecule has 0 aromatic heterocycles. The SMILES string of the molecule is CCCOc1ccc(C(C)(N)C(=O)O)cc1.Cl. The highest BCUT2D eigenvalue weighted by Crippen LogP contribution is 2.21. The van der Waals surface area contributed by atoms with Crippen LogP contribution in [0, 0.1) is 0 Å². The molecule has 0 spiro atoms. The van der Waals surface area contributed by atoms with Gasteiger partial charge in [-0.3, -0.25) is 0 Å². The van der Waals surface area contributed by atoms with Gasteiger partial charge >= 0.3 is 5.97 Å². The van der Waals surface area contributed by atoms with Crippen LogP contribution in [0.5, 0.6) is 5.75 Å². The highest BCUT2D eigenvalue weighted by atomic mass is 35.5. The summed E-state index contributed by atoms with van der Waals surface area (Å²) in [4.78, 5) is 10.9. The van der Waals surface area contributed by atoms with Crippen LogP contribution in [0.3, 0.4) is 0 Å². The summed E-state index contributed by atoms with van der Waals surface area (Å²) in [6.45, 7) is 4.14. The Morgan fingerprint density at radius 1 is 1.41 bits per heavy atom. The minimum absolute atomic E-state index is 0. The number of rotatable bonds is 5. The normalized spacial score (nSPS) is 13.4. The Bertz CT molecular complexity index is 363. The summed E-state index contributed by atoms with van der Waals surface area (Å²) < 4.78 is 5.40. The number of hydrogen-bond acceptors (Lipinski definition) is 3. The number of carboxylic acid groups (broad SMARTS) is 1. The molecule has 0 aliphatic rings. The molecular weight excluding hydrogens is 242 g/mol. The molecule has 1 unspecified atom stereocenters. The summed E-state index contributed by atoms with van der Waals surface area (Å²) in [5.41, 5.74) is 4.89. The van der Waals surface area contributed by atoms with Gasteiger partial charge in [-0.2, -0.15) is 0 Å². The van der Waals surface area contributed by atoms with E-state index in [1.807, 2.05) is 6.92 Å². The Hall–Kier alpha value is -1.26. The van der Waals surface area contributed by atoms with Crippen LogP contribution in [0.25, 0.3) is 0 Å². The second-order valence-electron chi connectivity index (χ2n) is 3.88. The van der Waals surface area contributed by atoms with Crippen molar-refractivity contribution >= 4 is 18.4 Å². The van der Waals surface area contributed by atoms with Crippen molar-refractivity contribution in [1.82, 2.24) is 0 Å². The summed E-state index contributed by atoms with van der Waals surface area (Å²) in [5, 5.41) is 8.95. The van der Waals surface area contributed by atoms with Crippen molar-refractivity contribution in [1.29, 1.82) is 0 Å². The van der Waals surface area contributed by atoms with Crippen LogP contribution in [0.2, 0.25) is 0 Å². The molecule has 1 rings (SSSR count). The molecule has 3 N–H and O–H groups in total. The highest BCUT2D eigenvalue weighted by Gasteiger charge is 2.29. The number of carboxylic acids is 1. The minimum atomic E-state index is -1.36. The Labute approximate surface area is 107 Å². The maximum absolute atomic E-state index is 10.9. The first-order valence-electron chi connectivity index (χ1n) is 5.24. The molecule has 0 saturated heterocycles. The first kappa shape index (κ1) is 15.7. The predicted molar refractivity (Wildman–Crippen MR) is 68.7 cm³/mol. The van der Waals surface area contributed by atoms with Gasteiger partial charge in [0.1, 0.15) is 11.3 Å². The summed E-state index contributed by atoms with van der Waals surface area (Å²) in [6, 6.07) is 6.83. The number of carbonyl (C=O) groups is 1. The molecule has 0 saturated carbocycles. The molecule has 1 atom stereocenters. The molecule has 17 heavy (non-hydrogen) atoms. The van der Waals surface area contributed by atoms with Crippen molar-refractivity contribution in [2.24, 2.45) is 5.73 Å². The molecule has 1 aromatic carbocycles. The van der Waals surface area contributed by atoms with Crippen molar-refractivity contribution < 1.29 is 14.6 Å².